The highest BCUT2D eigenvalue weighted by molar-refractivity contribution is 7.71. The number of pyridine rings is 1. The number of rotatable bonds is 9. The molecule has 7 heteroatoms. The minimum atomic E-state index is 0.575. The smallest absolute Gasteiger partial charge is 0.199 e. The molecule has 4 rings (SSSR count). The summed E-state index contributed by atoms with van der Waals surface area (Å²) in [6.07, 6.45) is 3.58. The number of likely N-dealkylation sites (N-methyl/N-ethyl adjacent to an activating group) is 1. The Morgan fingerprint density at radius 2 is 1.71 bits per heavy atom. The Morgan fingerprint density at radius 1 is 0.968 bits per heavy atom. The van der Waals surface area contributed by atoms with E-state index in [9.17, 15) is 0 Å². The van der Waals surface area contributed by atoms with Crippen LogP contribution in [0.4, 0.5) is 0 Å². The second-order valence-corrected chi connectivity index (χ2v) is 7.67. The second kappa shape index (κ2) is 10.1. The van der Waals surface area contributed by atoms with Gasteiger partial charge in [-0.25, -0.2) is 4.68 Å². The number of hydrogen-bond acceptors (Lipinski definition) is 5. The van der Waals surface area contributed by atoms with Crippen molar-refractivity contribution in [1.29, 1.82) is 0 Å². The largest absolute Gasteiger partial charge is 0.492 e. The Labute approximate surface area is 187 Å². The van der Waals surface area contributed by atoms with Gasteiger partial charge in [-0.2, -0.15) is 5.10 Å². The summed E-state index contributed by atoms with van der Waals surface area (Å²) >= 11 is 5.80. The maximum Gasteiger partial charge on any atom is 0.199 e. The normalized spacial score (nSPS) is 11.0. The van der Waals surface area contributed by atoms with Gasteiger partial charge in [-0.3, -0.25) is 14.5 Å². The van der Waals surface area contributed by atoms with Gasteiger partial charge in [-0.15, -0.1) is 0 Å². The molecule has 158 valence electrons. The van der Waals surface area contributed by atoms with E-state index in [1.807, 2.05) is 78.6 Å². The molecule has 2 aromatic heterocycles. The third kappa shape index (κ3) is 5.45. The van der Waals surface area contributed by atoms with Crippen molar-refractivity contribution in [3.05, 3.63) is 95.5 Å². The fourth-order valence-corrected chi connectivity index (χ4v) is 3.54. The molecule has 0 unspecified atom stereocenters. The molecular weight excluding hydrogens is 406 g/mol. The Bertz CT molecular complexity index is 1140. The minimum Gasteiger partial charge on any atom is -0.492 e. The first kappa shape index (κ1) is 21.0. The van der Waals surface area contributed by atoms with Crippen LogP contribution in [0.3, 0.4) is 0 Å². The maximum atomic E-state index is 5.81. The van der Waals surface area contributed by atoms with E-state index < -0.39 is 0 Å². The molecule has 0 aliphatic heterocycles. The third-order valence-electron chi connectivity index (χ3n) is 4.89. The van der Waals surface area contributed by atoms with Crippen molar-refractivity contribution in [2.24, 2.45) is 0 Å². The summed E-state index contributed by atoms with van der Waals surface area (Å²) in [6.45, 7) is 2.58. The van der Waals surface area contributed by atoms with Crippen molar-refractivity contribution in [1.82, 2.24) is 24.2 Å². The highest BCUT2D eigenvalue weighted by Gasteiger charge is 2.14. The molecule has 2 heterocycles. The fourth-order valence-electron chi connectivity index (χ4n) is 3.29. The predicted molar refractivity (Wildman–Crippen MR) is 124 cm³/mol. The van der Waals surface area contributed by atoms with Crippen molar-refractivity contribution >= 4 is 12.2 Å². The number of para-hydroxylation sites is 1. The number of hydrogen-bond donors (Lipinski definition) is 0. The van der Waals surface area contributed by atoms with Gasteiger partial charge in [0.05, 0.1) is 13.2 Å². The van der Waals surface area contributed by atoms with E-state index >= 15 is 0 Å². The van der Waals surface area contributed by atoms with E-state index in [-0.39, 0.29) is 0 Å². The van der Waals surface area contributed by atoms with Crippen molar-refractivity contribution in [2.75, 3.05) is 20.2 Å². The lowest BCUT2D eigenvalue weighted by molar-refractivity contribution is 0.198. The molecule has 0 radical (unpaired) electrons. The highest BCUT2D eigenvalue weighted by atomic mass is 32.1. The van der Waals surface area contributed by atoms with Crippen LogP contribution in [-0.4, -0.2) is 44.4 Å². The van der Waals surface area contributed by atoms with Gasteiger partial charge in [0.1, 0.15) is 12.4 Å². The summed E-state index contributed by atoms with van der Waals surface area (Å²) in [4.78, 5) is 6.40. The molecule has 4 aromatic rings. The van der Waals surface area contributed by atoms with Crippen LogP contribution in [0.1, 0.15) is 5.56 Å². The van der Waals surface area contributed by atoms with Gasteiger partial charge in [0, 0.05) is 24.5 Å². The van der Waals surface area contributed by atoms with Crippen LogP contribution in [0.15, 0.2) is 85.2 Å². The number of ether oxygens (including phenoxy) is 1. The topological polar surface area (TPSA) is 48.1 Å². The molecule has 2 aromatic carbocycles. The summed E-state index contributed by atoms with van der Waals surface area (Å²) in [5, 5.41) is 4.84. The van der Waals surface area contributed by atoms with Gasteiger partial charge in [0.2, 0.25) is 0 Å². The van der Waals surface area contributed by atoms with E-state index in [0.29, 0.717) is 24.6 Å². The van der Waals surface area contributed by atoms with Crippen LogP contribution in [0.2, 0.25) is 0 Å². The van der Waals surface area contributed by atoms with Crippen molar-refractivity contribution in [2.45, 2.75) is 13.2 Å². The lowest BCUT2D eigenvalue weighted by Crippen LogP contribution is -2.27. The lowest BCUT2D eigenvalue weighted by Gasteiger charge is -2.16. The molecule has 0 bridgehead atoms. The molecule has 0 fully saturated rings. The first-order valence-electron chi connectivity index (χ1n) is 10.2. The van der Waals surface area contributed by atoms with E-state index in [0.717, 1.165) is 23.7 Å². The van der Waals surface area contributed by atoms with Crippen LogP contribution in [0, 0.1) is 4.77 Å². The number of aromatic nitrogens is 4. The lowest BCUT2D eigenvalue weighted by atomic mass is 10.2. The van der Waals surface area contributed by atoms with Gasteiger partial charge in [0.15, 0.2) is 10.6 Å². The van der Waals surface area contributed by atoms with Crippen LogP contribution >= 0.6 is 12.2 Å². The molecule has 6 nitrogen and oxygen atoms in total. The Balaban J connectivity index is 1.51. The monoisotopic (exact) mass is 431 g/mol. The number of nitrogens with zero attached hydrogens (tertiary/aromatic N) is 5. The molecule has 0 saturated carbocycles. The Hall–Kier alpha value is -3.29. The first-order valence-corrected chi connectivity index (χ1v) is 10.6. The molecule has 0 saturated heterocycles. The molecule has 0 aliphatic rings. The minimum absolute atomic E-state index is 0.575. The van der Waals surface area contributed by atoms with E-state index in [1.165, 1.54) is 5.56 Å². The Kier molecular flexibility index (Phi) is 6.86. The van der Waals surface area contributed by atoms with Gasteiger partial charge >= 0.3 is 0 Å². The standard InChI is InChI=1S/C24H25N5OS/c1-27(15-16-30-22-12-6-3-7-13-22)19-29-24(31)28(18-20-9-4-2-5-10-20)23(26-29)21-11-8-14-25-17-21/h2-14,17H,15-16,18-19H2,1H3. The SMILES string of the molecule is CN(CCOc1ccccc1)Cn1nc(-c2cccnc2)n(Cc2ccccc2)c1=S. The second-order valence-electron chi connectivity index (χ2n) is 7.30. The van der Waals surface area contributed by atoms with Gasteiger partial charge < -0.3 is 4.74 Å². The average Bonchev–Trinajstić information content (AvgIpc) is 3.11. The van der Waals surface area contributed by atoms with Crippen molar-refractivity contribution in [3.8, 4) is 17.1 Å². The molecule has 0 atom stereocenters. The third-order valence-corrected chi connectivity index (χ3v) is 5.32. The summed E-state index contributed by atoms with van der Waals surface area (Å²) in [5.41, 5.74) is 2.12. The van der Waals surface area contributed by atoms with Crippen LogP contribution in [0.25, 0.3) is 11.4 Å². The molecule has 0 aliphatic carbocycles. The van der Waals surface area contributed by atoms with E-state index in [4.69, 9.17) is 22.1 Å². The van der Waals surface area contributed by atoms with E-state index in [2.05, 4.69) is 26.6 Å². The van der Waals surface area contributed by atoms with Crippen LogP contribution in [-0.2, 0) is 13.2 Å². The van der Waals surface area contributed by atoms with Crippen molar-refractivity contribution < 1.29 is 4.74 Å². The van der Waals surface area contributed by atoms with Crippen LogP contribution in [0.5, 0.6) is 5.75 Å². The quantitative estimate of drug-likeness (QED) is 0.366. The van der Waals surface area contributed by atoms with Gasteiger partial charge in [0.25, 0.3) is 0 Å². The molecule has 0 N–H and O–H groups in total. The molecule has 0 amide bonds. The Morgan fingerprint density at radius 3 is 2.42 bits per heavy atom. The molecule has 31 heavy (non-hydrogen) atoms. The molecular formula is C24H25N5OS. The molecule has 0 spiro atoms. The van der Waals surface area contributed by atoms with E-state index in [1.54, 1.807) is 6.20 Å². The average molecular weight is 432 g/mol. The maximum absolute atomic E-state index is 5.81. The number of benzene rings is 2. The highest BCUT2D eigenvalue weighted by Crippen LogP contribution is 2.19. The summed E-state index contributed by atoms with van der Waals surface area (Å²) in [6, 6.07) is 24.0. The van der Waals surface area contributed by atoms with Gasteiger partial charge in [-0.1, -0.05) is 48.5 Å². The van der Waals surface area contributed by atoms with Gasteiger partial charge in [-0.05, 0) is 49.1 Å². The zero-order valence-corrected chi connectivity index (χ0v) is 18.3. The van der Waals surface area contributed by atoms with Crippen LogP contribution < -0.4 is 4.74 Å². The zero-order valence-electron chi connectivity index (χ0n) is 17.5. The summed E-state index contributed by atoms with van der Waals surface area (Å²) in [5.74, 6) is 1.69. The first-order chi connectivity index (χ1) is 15.2. The predicted octanol–water partition coefficient (Wildman–Crippen LogP) is 4.49. The van der Waals surface area contributed by atoms with Crippen molar-refractivity contribution in [3.63, 3.8) is 0 Å². The zero-order chi connectivity index (χ0) is 21.5. The summed E-state index contributed by atoms with van der Waals surface area (Å²) < 4.78 is 10.4. The summed E-state index contributed by atoms with van der Waals surface area (Å²) in [7, 11) is 2.04. The fraction of sp³-hybridized carbons (Fsp3) is 0.208.